The molecule has 0 saturated carbocycles. The third kappa shape index (κ3) is 4.40. The van der Waals surface area contributed by atoms with E-state index in [9.17, 15) is 18.0 Å². The Morgan fingerprint density at radius 1 is 0.933 bits per heavy atom. The van der Waals surface area contributed by atoms with Crippen LogP contribution in [-0.2, 0) is 28.5 Å². The lowest BCUT2D eigenvalue weighted by Gasteiger charge is -2.36. The molecule has 0 aromatic heterocycles. The van der Waals surface area contributed by atoms with E-state index in [0.29, 0.717) is 0 Å². The Morgan fingerprint density at radius 3 is 2.13 bits per heavy atom. The standard InChI is InChI=1S/C19H22F3NO7/c1-17(2)27-11-12(28-17)14-16(30-18(3,4)29-14)25-13(11)15(24)23-9-5-7-10(8-6-9)26-19(20,21)22/h5-8,11-14,16H,1-4H3,(H,23,24)/t11-,12+,13+,14+,16+/m1/s1. The van der Waals surface area contributed by atoms with Crippen molar-refractivity contribution in [3.8, 4) is 5.75 Å². The van der Waals surface area contributed by atoms with Crippen molar-refractivity contribution in [1.29, 1.82) is 0 Å². The molecule has 1 amide bonds. The van der Waals surface area contributed by atoms with Crippen LogP contribution in [-0.4, -0.2) is 54.5 Å². The van der Waals surface area contributed by atoms with Crippen LogP contribution in [0.15, 0.2) is 24.3 Å². The first kappa shape index (κ1) is 21.3. The smallest absolute Gasteiger partial charge is 0.406 e. The van der Waals surface area contributed by atoms with Gasteiger partial charge in [0.25, 0.3) is 5.91 Å². The van der Waals surface area contributed by atoms with E-state index in [1.54, 1.807) is 27.7 Å². The van der Waals surface area contributed by atoms with Gasteiger partial charge in [-0.1, -0.05) is 0 Å². The zero-order valence-corrected chi connectivity index (χ0v) is 16.7. The Morgan fingerprint density at radius 2 is 1.50 bits per heavy atom. The second kappa shape index (κ2) is 7.06. The van der Waals surface area contributed by atoms with Gasteiger partial charge in [0.15, 0.2) is 24.0 Å². The second-order valence-corrected chi connectivity index (χ2v) is 8.15. The highest BCUT2D eigenvalue weighted by molar-refractivity contribution is 5.94. The van der Waals surface area contributed by atoms with Crippen molar-refractivity contribution in [3.05, 3.63) is 24.3 Å². The number of rotatable bonds is 3. The third-order valence-corrected chi connectivity index (χ3v) is 4.77. The normalized spacial score (nSPS) is 34.2. The molecule has 3 aliphatic heterocycles. The second-order valence-electron chi connectivity index (χ2n) is 8.15. The molecule has 0 unspecified atom stereocenters. The van der Waals surface area contributed by atoms with Crippen LogP contribution in [0.5, 0.6) is 5.75 Å². The number of benzene rings is 1. The molecule has 0 bridgehead atoms. The van der Waals surface area contributed by atoms with Gasteiger partial charge in [0, 0.05) is 5.69 Å². The molecule has 0 aliphatic carbocycles. The lowest BCUT2D eigenvalue weighted by Crippen LogP contribution is -2.58. The molecule has 11 heteroatoms. The van der Waals surface area contributed by atoms with Gasteiger partial charge in [-0.05, 0) is 52.0 Å². The summed E-state index contributed by atoms with van der Waals surface area (Å²) in [5.74, 6) is -2.83. The number of hydrogen-bond acceptors (Lipinski definition) is 7. The molecule has 3 heterocycles. The number of anilines is 1. The molecule has 0 radical (unpaired) electrons. The number of nitrogens with one attached hydrogen (secondary N) is 1. The number of alkyl halides is 3. The van der Waals surface area contributed by atoms with Gasteiger partial charge in [-0.25, -0.2) is 0 Å². The summed E-state index contributed by atoms with van der Waals surface area (Å²) in [4.78, 5) is 12.9. The molecule has 3 aliphatic rings. The topological polar surface area (TPSA) is 84.5 Å². The quantitative estimate of drug-likeness (QED) is 0.785. The third-order valence-electron chi connectivity index (χ3n) is 4.77. The fourth-order valence-corrected chi connectivity index (χ4v) is 3.78. The number of carbonyl (C=O) groups is 1. The first-order valence-electron chi connectivity index (χ1n) is 9.35. The number of ether oxygens (including phenoxy) is 6. The minimum absolute atomic E-state index is 0.263. The van der Waals surface area contributed by atoms with Crippen LogP contribution in [0, 0.1) is 0 Å². The van der Waals surface area contributed by atoms with Gasteiger partial charge < -0.3 is 33.7 Å². The zero-order valence-electron chi connectivity index (χ0n) is 16.7. The predicted octanol–water partition coefficient (Wildman–Crippen LogP) is 2.92. The fraction of sp³-hybridized carbons (Fsp3) is 0.632. The highest BCUT2D eigenvalue weighted by Gasteiger charge is 2.62. The first-order valence-corrected chi connectivity index (χ1v) is 9.35. The highest BCUT2D eigenvalue weighted by Crippen LogP contribution is 2.44. The van der Waals surface area contributed by atoms with E-state index >= 15 is 0 Å². The van der Waals surface area contributed by atoms with Gasteiger partial charge in [-0.3, -0.25) is 4.79 Å². The van der Waals surface area contributed by atoms with Crippen LogP contribution in [0.4, 0.5) is 18.9 Å². The summed E-state index contributed by atoms with van der Waals surface area (Å²) in [6, 6.07) is 4.77. The monoisotopic (exact) mass is 433 g/mol. The van der Waals surface area contributed by atoms with E-state index in [-0.39, 0.29) is 5.69 Å². The van der Waals surface area contributed by atoms with Gasteiger partial charge in [-0.15, -0.1) is 13.2 Å². The molecule has 1 aromatic carbocycles. The summed E-state index contributed by atoms with van der Waals surface area (Å²) >= 11 is 0. The molecule has 8 nitrogen and oxygen atoms in total. The highest BCUT2D eigenvalue weighted by atomic mass is 19.4. The number of halogens is 3. The van der Waals surface area contributed by atoms with Crippen molar-refractivity contribution in [2.75, 3.05) is 5.32 Å². The molecular formula is C19H22F3NO7. The average Bonchev–Trinajstić information content (AvgIpc) is 3.08. The Hall–Kier alpha value is -1.92. The van der Waals surface area contributed by atoms with Gasteiger partial charge in [-0.2, -0.15) is 0 Å². The molecule has 4 rings (SSSR count). The van der Waals surface area contributed by atoms with Crippen molar-refractivity contribution in [2.24, 2.45) is 0 Å². The van der Waals surface area contributed by atoms with E-state index in [2.05, 4.69) is 10.1 Å². The lowest BCUT2D eigenvalue weighted by molar-refractivity contribution is -0.274. The Balaban J connectivity index is 1.49. The zero-order chi connectivity index (χ0) is 21.9. The summed E-state index contributed by atoms with van der Waals surface area (Å²) < 4.78 is 70.0. The summed E-state index contributed by atoms with van der Waals surface area (Å²) in [6.07, 6.45) is -8.64. The van der Waals surface area contributed by atoms with Crippen LogP contribution >= 0.6 is 0 Å². The number of amides is 1. The Kier molecular flexibility index (Phi) is 5.02. The average molecular weight is 433 g/mol. The fourth-order valence-electron chi connectivity index (χ4n) is 3.78. The van der Waals surface area contributed by atoms with Gasteiger partial charge in [0.2, 0.25) is 0 Å². The number of hydrogen-bond donors (Lipinski definition) is 1. The van der Waals surface area contributed by atoms with Crippen LogP contribution in [0.1, 0.15) is 27.7 Å². The van der Waals surface area contributed by atoms with Crippen LogP contribution < -0.4 is 10.1 Å². The number of carbonyl (C=O) groups excluding carboxylic acids is 1. The first-order chi connectivity index (χ1) is 13.8. The van der Waals surface area contributed by atoms with Gasteiger partial charge in [0.05, 0.1) is 0 Å². The van der Waals surface area contributed by atoms with Crippen LogP contribution in [0.25, 0.3) is 0 Å². The summed E-state index contributed by atoms with van der Waals surface area (Å²) in [5.41, 5.74) is 0.263. The molecule has 0 spiro atoms. The minimum Gasteiger partial charge on any atom is -0.406 e. The van der Waals surface area contributed by atoms with Crippen LogP contribution in [0.2, 0.25) is 0 Å². The molecule has 1 N–H and O–H groups in total. The van der Waals surface area contributed by atoms with E-state index in [1.807, 2.05) is 0 Å². The molecule has 30 heavy (non-hydrogen) atoms. The molecular weight excluding hydrogens is 411 g/mol. The van der Waals surface area contributed by atoms with E-state index in [0.717, 1.165) is 12.1 Å². The maximum Gasteiger partial charge on any atom is 0.573 e. The minimum atomic E-state index is -4.80. The van der Waals surface area contributed by atoms with E-state index in [4.69, 9.17) is 23.7 Å². The lowest BCUT2D eigenvalue weighted by atomic mass is 9.98. The van der Waals surface area contributed by atoms with Crippen molar-refractivity contribution >= 4 is 11.6 Å². The Labute approximate surface area is 170 Å². The molecule has 1 aromatic rings. The summed E-state index contributed by atoms with van der Waals surface area (Å²) in [5, 5.41) is 2.61. The summed E-state index contributed by atoms with van der Waals surface area (Å²) in [7, 11) is 0. The van der Waals surface area contributed by atoms with Crippen molar-refractivity contribution in [2.45, 2.75) is 76.3 Å². The van der Waals surface area contributed by atoms with Crippen molar-refractivity contribution in [3.63, 3.8) is 0 Å². The summed E-state index contributed by atoms with van der Waals surface area (Å²) in [6.45, 7) is 6.89. The maximum absolute atomic E-state index is 12.9. The maximum atomic E-state index is 12.9. The van der Waals surface area contributed by atoms with Gasteiger partial charge >= 0.3 is 6.36 Å². The molecule has 5 atom stereocenters. The predicted molar refractivity (Wildman–Crippen MR) is 94.3 cm³/mol. The molecule has 3 saturated heterocycles. The Bertz CT molecular complexity index is 811. The largest absolute Gasteiger partial charge is 0.573 e. The molecule has 166 valence electrons. The van der Waals surface area contributed by atoms with E-state index < -0.39 is 60.3 Å². The molecule has 3 fully saturated rings. The van der Waals surface area contributed by atoms with Crippen molar-refractivity contribution in [1.82, 2.24) is 0 Å². The van der Waals surface area contributed by atoms with Crippen molar-refractivity contribution < 1.29 is 46.4 Å². The SMILES string of the molecule is CC1(C)O[C@@H]2O[C@H](C(=O)Nc3ccc(OC(F)(F)F)cc3)[C@@H]3OC(C)(C)O[C@@H]3[C@@H]2O1. The van der Waals surface area contributed by atoms with Crippen LogP contribution in [0.3, 0.4) is 0 Å². The van der Waals surface area contributed by atoms with E-state index in [1.165, 1.54) is 12.1 Å². The number of fused-ring (bicyclic) bond motifs is 3. The van der Waals surface area contributed by atoms with Gasteiger partial charge in [0.1, 0.15) is 24.1 Å².